The highest BCUT2D eigenvalue weighted by Gasteiger charge is 2.46. The summed E-state index contributed by atoms with van der Waals surface area (Å²) in [7, 11) is -3.39. The van der Waals surface area contributed by atoms with Gasteiger partial charge in [0.15, 0.2) is 0 Å². The standard InChI is InChI=1S/C21H30N2O6S/c1-30(26,27)23-14-7-8-18-16(9-14)17-10-15(28-19(12-24)21(17)29-18)11-20(25)22-13-5-3-2-4-6-13/h7-9,13,15,17,19,21,23-24H,2-6,10-12H2,1H3,(H,22,25)/t15-,17+,19+,21-/m1/s1. The SMILES string of the molecule is CS(=O)(=O)Nc1ccc2c(c1)[C@@H]1C[C@H](CC(=O)NC3CCCCC3)O[C@@H](CO)[C@@H]1O2. The molecule has 0 unspecified atom stereocenters. The third kappa shape index (κ3) is 4.90. The van der Waals surface area contributed by atoms with Gasteiger partial charge in [-0.25, -0.2) is 8.42 Å². The number of hydrogen-bond donors (Lipinski definition) is 3. The molecule has 1 aromatic carbocycles. The molecule has 2 heterocycles. The molecule has 166 valence electrons. The van der Waals surface area contributed by atoms with Crippen molar-refractivity contribution >= 4 is 21.6 Å². The fourth-order valence-electron chi connectivity index (χ4n) is 4.91. The minimum absolute atomic E-state index is 0.0197. The lowest BCUT2D eigenvalue weighted by molar-refractivity contribution is -0.142. The number of fused-ring (bicyclic) bond motifs is 3. The molecule has 1 amide bonds. The number of rotatable bonds is 6. The Morgan fingerprint density at radius 3 is 2.70 bits per heavy atom. The van der Waals surface area contributed by atoms with Crippen molar-refractivity contribution in [1.29, 1.82) is 0 Å². The van der Waals surface area contributed by atoms with Crippen molar-refractivity contribution in [2.24, 2.45) is 0 Å². The van der Waals surface area contributed by atoms with Gasteiger partial charge in [-0.15, -0.1) is 0 Å². The number of nitrogens with one attached hydrogen (secondary N) is 2. The predicted molar refractivity (Wildman–Crippen MR) is 112 cm³/mol. The average molecular weight is 439 g/mol. The zero-order chi connectivity index (χ0) is 21.3. The summed E-state index contributed by atoms with van der Waals surface area (Å²) >= 11 is 0. The molecule has 1 aliphatic carbocycles. The summed E-state index contributed by atoms with van der Waals surface area (Å²) in [5, 5.41) is 13.0. The molecule has 0 spiro atoms. The van der Waals surface area contributed by atoms with E-state index in [1.54, 1.807) is 18.2 Å². The van der Waals surface area contributed by atoms with Crippen molar-refractivity contribution in [1.82, 2.24) is 5.32 Å². The van der Waals surface area contributed by atoms with Crippen LogP contribution >= 0.6 is 0 Å². The van der Waals surface area contributed by atoms with Gasteiger partial charge in [0.05, 0.1) is 25.4 Å². The van der Waals surface area contributed by atoms with Crippen LogP contribution in [0.5, 0.6) is 5.75 Å². The van der Waals surface area contributed by atoms with E-state index in [0.717, 1.165) is 37.5 Å². The third-order valence-corrected chi connectivity index (χ3v) is 6.79. The molecule has 1 saturated heterocycles. The van der Waals surface area contributed by atoms with Crippen LogP contribution in [0.1, 0.15) is 56.4 Å². The van der Waals surface area contributed by atoms with Gasteiger partial charge in [0.2, 0.25) is 15.9 Å². The van der Waals surface area contributed by atoms with Gasteiger partial charge in [0.25, 0.3) is 0 Å². The highest BCUT2D eigenvalue weighted by Crippen LogP contribution is 2.47. The van der Waals surface area contributed by atoms with Gasteiger partial charge in [-0.3, -0.25) is 9.52 Å². The number of hydrogen-bond acceptors (Lipinski definition) is 6. The Morgan fingerprint density at radius 2 is 2.00 bits per heavy atom. The van der Waals surface area contributed by atoms with E-state index in [1.807, 2.05) is 0 Å². The number of benzene rings is 1. The smallest absolute Gasteiger partial charge is 0.229 e. The third-order valence-electron chi connectivity index (χ3n) is 6.19. The fourth-order valence-corrected chi connectivity index (χ4v) is 5.46. The number of ether oxygens (including phenoxy) is 2. The molecule has 2 aliphatic heterocycles. The average Bonchev–Trinajstić information content (AvgIpc) is 3.05. The van der Waals surface area contributed by atoms with Gasteiger partial charge >= 0.3 is 0 Å². The van der Waals surface area contributed by atoms with Crippen molar-refractivity contribution in [2.75, 3.05) is 17.6 Å². The second-order valence-electron chi connectivity index (χ2n) is 8.64. The number of carbonyl (C=O) groups is 1. The number of carbonyl (C=O) groups excluding carboxylic acids is 1. The Labute approximate surface area is 177 Å². The molecule has 0 radical (unpaired) electrons. The maximum absolute atomic E-state index is 12.6. The van der Waals surface area contributed by atoms with E-state index >= 15 is 0 Å². The van der Waals surface area contributed by atoms with Crippen molar-refractivity contribution in [3.8, 4) is 5.75 Å². The van der Waals surface area contributed by atoms with E-state index in [4.69, 9.17) is 9.47 Å². The fraction of sp³-hybridized carbons (Fsp3) is 0.667. The van der Waals surface area contributed by atoms with Gasteiger partial charge in [-0.05, 0) is 37.5 Å². The second-order valence-corrected chi connectivity index (χ2v) is 10.4. The van der Waals surface area contributed by atoms with Gasteiger partial charge in [-0.2, -0.15) is 0 Å². The van der Waals surface area contributed by atoms with Gasteiger partial charge in [0.1, 0.15) is 18.0 Å². The summed E-state index contributed by atoms with van der Waals surface area (Å²) in [6.07, 6.45) is 6.31. The maximum Gasteiger partial charge on any atom is 0.229 e. The Balaban J connectivity index is 1.46. The lowest BCUT2D eigenvalue weighted by atomic mass is 9.84. The number of aliphatic hydroxyl groups excluding tert-OH is 1. The van der Waals surface area contributed by atoms with Crippen LogP contribution < -0.4 is 14.8 Å². The molecule has 3 N–H and O–H groups in total. The van der Waals surface area contributed by atoms with Crippen LogP contribution in [-0.4, -0.2) is 56.6 Å². The van der Waals surface area contributed by atoms with Crippen LogP contribution in [0.15, 0.2) is 18.2 Å². The Bertz CT molecular complexity index is 883. The second kappa shape index (κ2) is 8.72. The summed E-state index contributed by atoms with van der Waals surface area (Å²) in [5.74, 6) is 0.576. The molecule has 4 atom stereocenters. The Kier molecular flexibility index (Phi) is 6.22. The van der Waals surface area contributed by atoms with Crippen molar-refractivity contribution < 1.29 is 27.8 Å². The monoisotopic (exact) mass is 438 g/mol. The molecule has 0 bridgehead atoms. The largest absolute Gasteiger partial charge is 0.487 e. The van der Waals surface area contributed by atoms with Crippen molar-refractivity contribution in [3.05, 3.63) is 23.8 Å². The topological polar surface area (TPSA) is 114 Å². The van der Waals surface area contributed by atoms with E-state index in [-0.39, 0.29) is 43.1 Å². The Morgan fingerprint density at radius 1 is 1.23 bits per heavy atom. The molecule has 4 rings (SSSR count). The molecular weight excluding hydrogens is 408 g/mol. The number of amides is 1. The van der Waals surface area contributed by atoms with Crippen molar-refractivity contribution in [2.45, 2.75) is 75.2 Å². The van der Waals surface area contributed by atoms with Crippen LogP contribution in [0.25, 0.3) is 0 Å². The van der Waals surface area contributed by atoms with Gasteiger partial charge in [-0.1, -0.05) is 19.3 Å². The highest BCUT2D eigenvalue weighted by atomic mass is 32.2. The summed E-state index contributed by atoms with van der Waals surface area (Å²) < 4.78 is 37.7. The van der Waals surface area contributed by atoms with Crippen LogP contribution in [0.4, 0.5) is 5.69 Å². The predicted octanol–water partition coefficient (Wildman–Crippen LogP) is 1.89. The zero-order valence-corrected chi connectivity index (χ0v) is 18.0. The first-order valence-corrected chi connectivity index (χ1v) is 12.6. The summed E-state index contributed by atoms with van der Waals surface area (Å²) in [5.41, 5.74) is 1.35. The minimum Gasteiger partial charge on any atom is -0.487 e. The minimum atomic E-state index is -3.39. The lowest BCUT2D eigenvalue weighted by Gasteiger charge is -2.37. The first-order chi connectivity index (χ1) is 14.3. The normalized spacial score (nSPS) is 28.9. The van der Waals surface area contributed by atoms with Crippen LogP contribution in [0, 0.1) is 0 Å². The highest BCUT2D eigenvalue weighted by molar-refractivity contribution is 7.92. The summed E-state index contributed by atoms with van der Waals surface area (Å²) in [6, 6.07) is 5.41. The molecular formula is C21H30N2O6S. The van der Waals surface area contributed by atoms with Gasteiger partial charge < -0.3 is 19.9 Å². The molecule has 1 aromatic rings. The van der Waals surface area contributed by atoms with E-state index in [9.17, 15) is 18.3 Å². The molecule has 9 heteroatoms. The van der Waals surface area contributed by atoms with Crippen LogP contribution in [-0.2, 0) is 19.6 Å². The van der Waals surface area contributed by atoms with Crippen LogP contribution in [0.3, 0.4) is 0 Å². The number of sulfonamides is 1. The van der Waals surface area contributed by atoms with E-state index in [1.165, 1.54) is 6.42 Å². The molecule has 0 aromatic heterocycles. The first-order valence-electron chi connectivity index (χ1n) is 10.7. The molecule has 3 aliphatic rings. The van der Waals surface area contributed by atoms with Crippen molar-refractivity contribution in [3.63, 3.8) is 0 Å². The van der Waals surface area contributed by atoms with E-state index in [0.29, 0.717) is 17.9 Å². The summed E-state index contributed by atoms with van der Waals surface area (Å²) in [6.45, 7) is -0.204. The molecule has 2 fully saturated rings. The zero-order valence-electron chi connectivity index (χ0n) is 17.2. The maximum atomic E-state index is 12.6. The Hall–Kier alpha value is -1.84. The first kappa shape index (κ1) is 21.4. The quantitative estimate of drug-likeness (QED) is 0.625. The lowest BCUT2D eigenvalue weighted by Crippen LogP contribution is -2.48. The van der Waals surface area contributed by atoms with E-state index < -0.39 is 16.1 Å². The summed E-state index contributed by atoms with van der Waals surface area (Å²) in [4.78, 5) is 12.6. The molecule has 1 saturated carbocycles. The van der Waals surface area contributed by atoms with Crippen LogP contribution in [0.2, 0.25) is 0 Å². The molecule has 8 nitrogen and oxygen atoms in total. The molecule has 30 heavy (non-hydrogen) atoms. The number of aliphatic hydroxyl groups is 1. The van der Waals surface area contributed by atoms with E-state index in [2.05, 4.69) is 10.0 Å². The number of anilines is 1. The van der Waals surface area contributed by atoms with Gasteiger partial charge in [0, 0.05) is 23.2 Å².